The SMILES string of the molecule is C=C(NC)C1=C(C)C(C)C(CN(C)C)C1. The van der Waals surface area contributed by atoms with E-state index in [4.69, 9.17) is 0 Å². The average molecular weight is 208 g/mol. The molecule has 2 atom stereocenters. The molecule has 0 radical (unpaired) electrons. The Kier molecular flexibility index (Phi) is 3.97. The van der Waals surface area contributed by atoms with Gasteiger partial charge in [0.25, 0.3) is 0 Å². The number of allylic oxidation sites excluding steroid dienone is 2. The van der Waals surface area contributed by atoms with Crippen LogP contribution in [0.5, 0.6) is 0 Å². The van der Waals surface area contributed by atoms with E-state index in [1.165, 1.54) is 24.1 Å². The Hall–Kier alpha value is -0.760. The lowest BCUT2D eigenvalue weighted by atomic mass is 9.93. The maximum atomic E-state index is 4.07. The first kappa shape index (κ1) is 12.3. The van der Waals surface area contributed by atoms with Crippen molar-refractivity contribution in [1.29, 1.82) is 0 Å². The Morgan fingerprint density at radius 2 is 2.13 bits per heavy atom. The molecule has 1 N–H and O–H groups in total. The van der Waals surface area contributed by atoms with Crippen LogP contribution in [0.1, 0.15) is 20.3 Å². The van der Waals surface area contributed by atoms with Crippen molar-refractivity contribution in [3.8, 4) is 0 Å². The highest BCUT2D eigenvalue weighted by molar-refractivity contribution is 5.36. The second kappa shape index (κ2) is 4.84. The molecule has 0 fully saturated rings. The fraction of sp³-hybridized carbons (Fsp3) is 0.692. The van der Waals surface area contributed by atoms with Crippen LogP contribution < -0.4 is 5.32 Å². The van der Waals surface area contributed by atoms with Crippen LogP contribution in [-0.2, 0) is 0 Å². The summed E-state index contributed by atoms with van der Waals surface area (Å²) >= 11 is 0. The summed E-state index contributed by atoms with van der Waals surface area (Å²) in [6.45, 7) is 9.82. The van der Waals surface area contributed by atoms with E-state index in [-0.39, 0.29) is 0 Å². The summed E-state index contributed by atoms with van der Waals surface area (Å²) in [5, 5.41) is 3.17. The standard InChI is InChI=1S/C13H24N2/c1-9-10(2)13(11(3)14-4)7-12(9)8-15(5)6/h9,12,14H,3,7-8H2,1-2,4-6H3. The second-order valence-electron chi connectivity index (χ2n) is 4.91. The van der Waals surface area contributed by atoms with Crippen LogP contribution in [0.25, 0.3) is 0 Å². The number of nitrogens with zero attached hydrogens (tertiary/aromatic N) is 1. The van der Waals surface area contributed by atoms with Gasteiger partial charge in [-0.15, -0.1) is 0 Å². The highest BCUT2D eigenvalue weighted by Crippen LogP contribution is 2.39. The zero-order chi connectivity index (χ0) is 11.6. The molecule has 15 heavy (non-hydrogen) atoms. The summed E-state index contributed by atoms with van der Waals surface area (Å²) in [6.07, 6.45) is 1.17. The molecular weight excluding hydrogens is 184 g/mol. The van der Waals surface area contributed by atoms with Gasteiger partial charge in [0, 0.05) is 19.3 Å². The zero-order valence-corrected chi connectivity index (χ0v) is 10.7. The molecule has 0 amide bonds. The van der Waals surface area contributed by atoms with Crippen molar-refractivity contribution in [2.24, 2.45) is 11.8 Å². The third kappa shape index (κ3) is 2.63. The molecule has 1 aliphatic carbocycles. The number of rotatable bonds is 4. The molecule has 0 aromatic carbocycles. The predicted molar refractivity (Wildman–Crippen MR) is 66.7 cm³/mol. The normalized spacial score (nSPS) is 26.3. The molecule has 0 spiro atoms. The van der Waals surface area contributed by atoms with Gasteiger partial charge < -0.3 is 10.2 Å². The lowest BCUT2D eigenvalue weighted by Gasteiger charge is -2.21. The van der Waals surface area contributed by atoms with Gasteiger partial charge in [0.05, 0.1) is 0 Å². The predicted octanol–water partition coefficient (Wildman–Crippen LogP) is 2.25. The largest absolute Gasteiger partial charge is 0.388 e. The molecule has 0 aromatic rings. The third-order valence-electron chi connectivity index (χ3n) is 3.60. The fourth-order valence-corrected chi connectivity index (χ4v) is 2.43. The van der Waals surface area contributed by atoms with E-state index < -0.39 is 0 Å². The first-order chi connectivity index (χ1) is 6.97. The number of hydrogen-bond donors (Lipinski definition) is 1. The Labute approximate surface area is 94.0 Å². The van der Waals surface area contributed by atoms with Gasteiger partial charge >= 0.3 is 0 Å². The quantitative estimate of drug-likeness (QED) is 0.762. The molecule has 0 saturated heterocycles. The van der Waals surface area contributed by atoms with E-state index in [0.717, 1.165) is 11.6 Å². The Balaban J connectivity index is 2.73. The van der Waals surface area contributed by atoms with Gasteiger partial charge in [-0.2, -0.15) is 0 Å². The van der Waals surface area contributed by atoms with Crippen LogP contribution in [0.3, 0.4) is 0 Å². The second-order valence-corrected chi connectivity index (χ2v) is 4.91. The maximum absolute atomic E-state index is 4.07. The van der Waals surface area contributed by atoms with E-state index in [9.17, 15) is 0 Å². The lowest BCUT2D eigenvalue weighted by molar-refractivity contribution is 0.292. The molecule has 86 valence electrons. The number of hydrogen-bond acceptors (Lipinski definition) is 2. The molecular formula is C13H24N2. The van der Waals surface area contributed by atoms with Crippen molar-refractivity contribution in [3.63, 3.8) is 0 Å². The Morgan fingerprint density at radius 3 is 2.60 bits per heavy atom. The van der Waals surface area contributed by atoms with Crippen LogP contribution in [0, 0.1) is 11.8 Å². The lowest BCUT2D eigenvalue weighted by Crippen LogP contribution is -2.24. The van der Waals surface area contributed by atoms with Crippen molar-refractivity contribution in [1.82, 2.24) is 10.2 Å². The molecule has 0 saturated carbocycles. The van der Waals surface area contributed by atoms with Crippen molar-refractivity contribution >= 4 is 0 Å². The molecule has 0 aromatic heterocycles. The minimum Gasteiger partial charge on any atom is -0.388 e. The Morgan fingerprint density at radius 1 is 1.53 bits per heavy atom. The van der Waals surface area contributed by atoms with Crippen LogP contribution >= 0.6 is 0 Å². The molecule has 0 bridgehead atoms. The molecule has 2 unspecified atom stereocenters. The fourth-order valence-electron chi connectivity index (χ4n) is 2.43. The van der Waals surface area contributed by atoms with E-state index in [0.29, 0.717) is 5.92 Å². The number of likely N-dealkylation sites (N-methyl/N-ethyl adjacent to an activating group) is 1. The van der Waals surface area contributed by atoms with Gasteiger partial charge in [-0.05, 0) is 44.8 Å². The van der Waals surface area contributed by atoms with E-state index in [1.54, 1.807) is 0 Å². The van der Waals surface area contributed by atoms with Crippen molar-refractivity contribution in [2.45, 2.75) is 20.3 Å². The maximum Gasteiger partial charge on any atom is 0.0296 e. The highest BCUT2D eigenvalue weighted by atomic mass is 15.1. The molecule has 2 nitrogen and oxygen atoms in total. The van der Waals surface area contributed by atoms with Crippen LogP contribution in [0.2, 0.25) is 0 Å². The van der Waals surface area contributed by atoms with E-state index in [2.05, 4.69) is 44.7 Å². The summed E-state index contributed by atoms with van der Waals surface area (Å²) in [4.78, 5) is 2.28. The van der Waals surface area contributed by atoms with Gasteiger partial charge in [-0.25, -0.2) is 0 Å². The molecule has 0 aliphatic heterocycles. The minimum atomic E-state index is 0.688. The monoisotopic (exact) mass is 208 g/mol. The van der Waals surface area contributed by atoms with Crippen molar-refractivity contribution < 1.29 is 0 Å². The third-order valence-corrected chi connectivity index (χ3v) is 3.60. The number of nitrogens with one attached hydrogen (secondary N) is 1. The summed E-state index contributed by atoms with van der Waals surface area (Å²) in [7, 11) is 6.24. The highest BCUT2D eigenvalue weighted by Gasteiger charge is 2.30. The Bertz CT molecular complexity index is 276. The van der Waals surface area contributed by atoms with Gasteiger partial charge in [-0.3, -0.25) is 0 Å². The van der Waals surface area contributed by atoms with Crippen molar-refractivity contribution in [3.05, 3.63) is 23.4 Å². The summed E-state index contributed by atoms with van der Waals surface area (Å²) < 4.78 is 0. The molecule has 2 heteroatoms. The van der Waals surface area contributed by atoms with E-state index >= 15 is 0 Å². The van der Waals surface area contributed by atoms with Crippen LogP contribution in [-0.4, -0.2) is 32.6 Å². The van der Waals surface area contributed by atoms with Gasteiger partial charge in [0.1, 0.15) is 0 Å². The molecule has 1 rings (SSSR count). The van der Waals surface area contributed by atoms with Crippen LogP contribution in [0.15, 0.2) is 23.4 Å². The van der Waals surface area contributed by atoms with E-state index in [1.807, 2.05) is 7.05 Å². The summed E-state index contributed by atoms with van der Waals surface area (Å²) in [5.41, 5.74) is 4.05. The summed E-state index contributed by atoms with van der Waals surface area (Å²) in [5.74, 6) is 1.44. The van der Waals surface area contributed by atoms with Gasteiger partial charge in [0.15, 0.2) is 0 Å². The first-order valence-corrected chi connectivity index (χ1v) is 5.68. The smallest absolute Gasteiger partial charge is 0.0296 e. The zero-order valence-electron chi connectivity index (χ0n) is 10.7. The van der Waals surface area contributed by atoms with Gasteiger partial charge in [0.2, 0.25) is 0 Å². The first-order valence-electron chi connectivity index (χ1n) is 5.68. The van der Waals surface area contributed by atoms with Crippen molar-refractivity contribution in [2.75, 3.05) is 27.7 Å². The van der Waals surface area contributed by atoms with Gasteiger partial charge in [-0.1, -0.05) is 19.1 Å². The minimum absolute atomic E-state index is 0.688. The molecule has 1 aliphatic rings. The summed E-state index contributed by atoms with van der Waals surface area (Å²) in [6, 6.07) is 0. The van der Waals surface area contributed by atoms with Crippen LogP contribution in [0.4, 0.5) is 0 Å². The molecule has 0 heterocycles. The average Bonchev–Trinajstić information content (AvgIpc) is 2.44. The topological polar surface area (TPSA) is 15.3 Å².